The highest BCUT2D eigenvalue weighted by atomic mass is 16.5. The normalized spacial score (nSPS) is 12.2. The molecule has 0 spiro atoms. The number of rotatable bonds is 5. The van der Waals surface area contributed by atoms with E-state index in [0.29, 0.717) is 6.61 Å². The van der Waals surface area contributed by atoms with Gasteiger partial charge in [-0.15, -0.1) is 6.58 Å². The van der Waals surface area contributed by atoms with Crippen molar-refractivity contribution in [2.75, 3.05) is 6.61 Å². The summed E-state index contributed by atoms with van der Waals surface area (Å²) in [5.74, 6) is 0.883. The van der Waals surface area contributed by atoms with Gasteiger partial charge < -0.3 is 10.5 Å². The predicted molar refractivity (Wildman–Crippen MR) is 64.0 cm³/mol. The zero-order chi connectivity index (χ0) is 11.3. The molecule has 15 heavy (non-hydrogen) atoms. The predicted octanol–water partition coefficient (Wildman–Crippen LogP) is 3.05. The highest BCUT2D eigenvalue weighted by molar-refractivity contribution is 5.36. The summed E-state index contributed by atoms with van der Waals surface area (Å²) in [5.41, 5.74) is 8.24. The molecule has 0 heterocycles. The van der Waals surface area contributed by atoms with Gasteiger partial charge in [0.1, 0.15) is 5.75 Å². The first-order valence-electron chi connectivity index (χ1n) is 5.26. The monoisotopic (exact) mass is 205 g/mol. The van der Waals surface area contributed by atoms with Crippen molar-refractivity contribution in [3.8, 4) is 5.75 Å². The molecule has 0 aliphatic heterocycles. The van der Waals surface area contributed by atoms with Crippen LogP contribution in [-0.2, 0) is 0 Å². The average Bonchev–Trinajstić information content (AvgIpc) is 2.18. The molecule has 82 valence electrons. The van der Waals surface area contributed by atoms with Crippen LogP contribution < -0.4 is 10.5 Å². The van der Waals surface area contributed by atoms with Crippen LogP contribution in [0, 0.1) is 0 Å². The minimum absolute atomic E-state index is 0.0229. The molecule has 0 bridgehead atoms. The lowest BCUT2D eigenvalue weighted by atomic mass is 10.0. The van der Waals surface area contributed by atoms with Crippen LogP contribution in [0.25, 0.3) is 0 Å². The molecule has 0 fully saturated rings. The molecular weight excluding hydrogens is 186 g/mol. The van der Waals surface area contributed by atoms with E-state index < -0.39 is 0 Å². The zero-order valence-electron chi connectivity index (χ0n) is 9.49. The fraction of sp³-hybridized carbons (Fsp3) is 0.385. The van der Waals surface area contributed by atoms with Crippen LogP contribution >= 0.6 is 0 Å². The largest absolute Gasteiger partial charge is 0.494 e. The summed E-state index contributed by atoms with van der Waals surface area (Å²) in [6, 6.07) is 7.89. The molecule has 2 nitrogen and oxygen atoms in total. The van der Waals surface area contributed by atoms with E-state index >= 15 is 0 Å². The summed E-state index contributed by atoms with van der Waals surface area (Å²) in [4.78, 5) is 0. The van der Waals surface area contributed by atoms with Crippen molar-refractivity contribution >= 4 is 0 Å². The Kier molecular flexibility index (Phi) is 4.37. The summed E-state index contributed by atoms with van der Waals surface area (Å²) >= 11 is 0. The molecule has 2 heteroatoms. The summed E-state index contributed by atoms with van der Waals surface area (Å²) in [6.07, 6.45) is 0.796. The van der Waals surface area contributed by atoms with E-state index in [1.165, 1.54) is 0 Å². The molecule has 1 unspecified atom stereocenters. The van der Waals surface area contributed by atoms with Crippen molar-refractivity contribution in [1.29, 1.82) is 0 Å². The number of benzene rings is 1. The Hall–Kier alpha value is -1.28. The molecule has 0 saturated carbocycles. The van der Waals surface area contributed by atoms with Crippen LogP contribution in [0.2, 0.25) is 0 Å². The molecule has 0 aliphatic rings. The molecule has 1 aromatic rings. The van der Waals surface area contributed by atoms with Crippen LogP contribution in [0.5, 0.6) is 5.75 Å². The quantitative estimate of drug-likeness (QED) is 0.750. The standard InChI is InChI=1S/C13H19NO/c1-4-15-13-8-6-5-7-11(13)12(14)9-10(2)3/h5-8,12H,2,4,9,14H2,1,3H3. The van der Waals surface area contributed by atoms with Gasteiger partial charge in [-0.1, -0.05) is 23.8 Å². The minimum atomic E-state index is -0.0229. The van der Waals surface area contributed by atoms with Gasteiger partial charge in [0.05, 0.1) is 6.61 Å². The maximum atomic E-state index is 6.09. The number of ether oxygens (including phenoxy) is 1. The Labute approximate surface area is 91.7 Å². The van der Waals surface area contributed by atoms with Gasteiger partial charge in [0, 0.05) is 11.6 Å². The van der Waals surface area contributed by atoms with E-state index in [1.54, 1.807) is 0 Å². The molecular formula is C13H19NO. The Morgan fingerprint density at radius 2 is 2.13 bits per heavy atom. The van der Waals surface area contributed by atoms with E-state index in [1.807, 2.05) is 38.1 Å². The lowest BCUT2D eigenvalue weighted by molar-refractivity contribution is 0.334. The van der Waals surface area contributed by atoms with Gasteiger partial charge >= 0.3 is 0 Å². The first kappa shape index (κ1) is 11.8. The second-order valence-corrected chi connectivity index (χ2v) is 3.74. The van der Waals surface area contributed by atoms with Crippen LogP contribution in [0.4, 0.5) is 0 Å². The molecule has 0 amide bonds. The van der Waals surface area contributed by atoms with Crippen LogP contribution in [0.15, 0.2) is 36.4 Å². The fourth-order valence-corrected chi connectivity index (χ4v) is 1.56. The van der Waals surface area contributed by atoms with Gasteiger partial charge in [-0.05, 0) is 26.3 Å². The summed E-state index contributed by atoms with van der Waals surface area (Å²) in [6.45, 7) is 8.50. The molecule has 0 aliphatic carbocycles. The second kappa shape index (κ2) is 5.56. The van der Waals surface area contributed by atoms with Crippen LogP contribution in [0.1, 0.15) is 31.9 Å². The highest BCUT2D eigenvalue weighted by Gasteiger charge is 2.11. The van der Waals surface area contributed by atoms with E-state index in [2.05, 4.69) is 6.58 Å². The number of hydrogen-bond donors (Lipinski definition) is 1. The second-order valence-electron chi connectivity index (χ2n) is 3.74. The molecule has 1 aromatic carbocycles. The van der Waals surface area contributed by atoms with Gasteiger partial charge in [0.2, 0.25) is 0 Å². The van der Waals surface area contributed by atoms with Gasteiger partial charge in [0.25, 0.3) is 0 Å². The van der Waals surface area contributed by atoms with Gasteiger partial charge in [-0.25, -0.2) is 0 Å². The molecule has 1 atom stereocenters. The van der Waals surface area contributed by atoms with Crippen molar-refractivity contribution in [3.05, 3.63) is 42.0 Å². The lowest BCUT2D eigenvalue weighted by Crippen LogP contribution is -2.12. The van der Waals surface area contributed by atoms with Crippen molar-refractivity contribution < 1.29 is 4.74 Å². The van der Waals surface area contributed by atoms with Crippen LogP contribution in [0.3, 0.4) is 0 Å². The third-order valence-electron chi connectivity index (χ3n) is 2.19. The molecule has 0 aromatic heterocycles. The Morgan fingerprint density at radius 3 is 2.73 bits per heavy atom. The van der Waals surface area contributed by atoms with E-state index in [9.17, 15) is 0 Å². The number of nitrogens with two attached hydrogens (primary N) is 1. The average molecular weight is 205 g/mol. The molecule has 2 N–H and O–H groups in total. The molecule has 1 rings (SSSR count). The maximum Gasteiger partial charge on any atom is 0.124 e. The summed E-state index contributed by atoms with van der Waals surface area (Å²) < 4.78 is 5.53. The van der Waals surface area contributed by atoms with Crippen molar-refractivity contribution in [3.63, 3.8) is 0 Å². The van der Waals surface area contributed by atoms with Gasteiger partial charge in [-0.3, -0.25) is 0 Å². The summed E-state index contributed by atoms with van der Waals surface area (Å²) in [7, 11) is 0. The topological polar surface area (TPSA) is 35.2 Å². The van der Waals surface area contributed by atoms with E-state index in [0.717, 1.165) is 23.3 Å². The van der Waals surface area contributed by atoms with Crippen LogP contribution in [-0.4, -0.2) is 6.61 Å². The zero-order valence-corrected chi connectivity index (χ0v) is 9.49. The van der Waals surface area contributed by atoms with Gasteiger partial charge in [-0.2, -0.15) is 0 Å². The van der Waals surface area contributed by atoms with Crippen molar-refractivity contribution in [2.45, 2.75) is 26.3 Å². The van der Waals surface area contributed by atoms with E-state index in [4.69, 9.17) is 10.5 Å². The minimum Gasteiger partial charge on any atom is -0.494 e. The summed E-state index contributed by atoms with van der Waals surface area (Å²) in [5, 5.41) is 0. The highest BCUT2D eigenvalue weighted by Crippen LogP contribution is 2.26. The van der Waals surface area contributed by atoms with Crippen molar-refractivity contribution in [2.24, 2.45) is 5.73 Å². The Bertz CT molecular complexity index is 333. The van der Waals surface area contributed by atoms with Crippen molar-refractivity contribution in [1.82, 2.24) is 0 Å². The third kappa shape index (κ3) is 3.40. The maximum absolute atomic E-state index is 6.09. The Morgan fingerprint density at radius 1 is 1.47 bits per heavy atom. The first-order chi connectivity index (χ1) is 7.15. The third-order valence-corrected chi connectivity index (χ3v) is 2.19. The smallest absolute Gasteiger partial charge is 0.124 e. The Balaban J connectivity index is 2.86. The van der Waals surface area contributed by atoms with Gasteiger partial charge in [0.15, 0.2) is 0 Å². The fourth-order valence-electron chi connectivity index (χ4n) is 1.56. The molecule has 0 radical (unpaired) electrons. The number of hydrogen-bond acceptors (Lipinski definition) is 2. The molecule has 0 saturated heterocycles. The van der Waals surface area contributed by atoms with E-state index in [-0.39, 0.29) is 6.04 Å². The SMILES string of the molecule is C=C(C)CC(N)c1ccccc1OCC. The number of para-hydroxylation sites is 1. The lowest BCUT2D eigenvalue weighted by Gasteiger charge is -2.16. The first-order valence-corrected chi connectivity index (χ1v) is 5.26.